The molecule has 1 aromatic heterocycles. The lowest BCUT2D eigenvalue weighted by Crippen LogP contribution is -2.45. The van der Waals surface area contributed by atoms with E-state index in [9.17, 15) is 14.4 Å². The van der Waals surface area contributed by atoms with Crippen LogP contribution in [0.1, 0.15) is 41.4 Å². The molecule has 3 heterocycles. The van der Waals surface area contributed by atoms with Gasteiger partial charge in [-0.3, -0.25) is 14.4 Å². The van der Waals surface area contributed by atoms with Gasteiger partial charge in [-0.2, -0.15) is 0 Å². The fourth-order valence-electron chi connectivity index (χ4n) is 4.69. The molecule has 2 aromatic rings. The van der Waals surface area contributed by atoms with E-state index in [1.165, 1.54) is 11.3 Å². The van der Waals surface area contributed by atoms with E-state index in [0.717, 1.165) is 30.6 Å². The Bertz CT molecular complexity index is 1040. The second-order valence-corrected chi connectivity index (χ2v) is 9.80. The molecule has 3 amide bonds. The smallest absolute Gasteiger partial charge is 0.261 e. The van der Waals surface area contributed by atoms with Crippen molar-refractivity contribution in [2.75, 3.05) is 39.3 Å². The Kier molecular flexibility index (Phi) is 7.67. The predicted octanol–water partition coefficient (Wildman–Crippen LogP) is 3.43. The molecule has 1 N–H and O–H groups in total. The summed E-state index contributed by atoms with van der Waals surface area (Å²) in [5.74, 6) is 0.523. The van der Waals surface area contributed by atoms with Crippen LogP contribution in [0.15, 0.2) is 47.9 Å². The fourth-order valence-corrected chi connectivity index (χ4v) is 5.33. The van der Waals surface area contributed by atoms with E-state index in [0.29, 0.717) is 37.7 Å². The van der Waals surface area contributed by atoms with Crippen molar-refractivity contribution in [1.82, 2.24) is 15.1 Å². The van der Waals surface area contributed by atoms with Crippen LogP contribution in [0.4, 0.5) is 0 Å². The van der Waals surface area contributed by atoms with E-state index in [2.05, 4.69) is 5.32 Å². The number of amides is 3. The Hall–Kier alpha value is -3.13. The first-order valence-electron chi connectivity index (χ1n) is 11.8. The molecule has 8 heteroatoms. The lowest BCUT2D eigenvalue weighted by molar-refractivity contribution is -0.131. The maximum absolute atomic E-state index is 12.8. The first-order chi connectivity index (χ1) is 16.5. The minimum atomic E-state index is -0.207. The second kappa shape index (κ2) is 10.9. The number of nitrogens with one attached hydrogen (secondary N) is 1. The van der Waals surface area contributed by atoms with Crippen molar-refractivity contribution < 1.29 is 19.1 Å². The van der Waals surface area contributed by atoms with E-state index in [1.54, 1.807) is 12.1 Å². The predicted molar refractivity (Wildman–Crippen MR) is 133 cm³/mol. The van der Waals surface area contributed by atoms with Gasteiger partial charge in [0.1, 0.15) is 5.75 Å². The maximum Gasteiger partial charge on any atom is 0.261 e. The molecule has 7 nitrogen and oxygen atoms in total. The SMILES string of the molecule is CCOc1ccccc1/C=C/C(=O)N1CCC2(CC1)CCN(C(=O)CNC(=O)c1cccs1)C2. The average molecular weight is 482 g/mol. The number of piperidine rings is 1. The average Bonchev–Trinajstić information content (AvgIpc) is 3.53. The van der Waals surface area contributed by atoms with Gasteiger partial charge in [0.05, 0.1) is 18.0 Å². The van der Waals surface area contributed by atoms with Crippen LogP contribution in [0.2, 0.25) is 0 Å². The van der Waals surface area contributed by atoms with Crippen LogP contribution >= 0.6 is 11.3 Å². The molecule has 1 aromatic carbocycles. The Labute approximate surface area is 204 Å². The van der Waals surface area contributed by atoms with Crippen molar-refractivity contribution in [3.05, 3.63) is 58.3 Å². The number of benzene rings is 1. The number of para-hydroxylation sites is 1. The zero-order valence-electron chi connectivity index (χ0n) is 19.5. The number of thiophene rings is 1. The highest BCUT2D eigenvalue weighted by Gasteiger charge is 2.42. The molecule has 0 aliphatic carbocycles. The molecule has 0 bridgehead atoms. The van der Waals surface area contributed by atoms with Gasteiger partial charge in [0.2, 0.25) is 11.8 Å². The molecule has 34 heavy (non-hydrogen) atoms. The summed E-state index contributed by atoms with van der Waals surface area (Å²) in [7, 11) is 0. The zero-order chi connectivity index (χ0) is 24.0. The monoisotopic (exact) mass is 481 g/mol. The number of nitrogens with zero attached hydrogens (tertiary/aromatic N) is 2. The topological polar surface area (TPSA) is 79.0 Å². The first-order valence-corrected chi connectivity index (χ1v) is 12.7. The summed E-state index contributed by atoms with van der Waals surface area (Å²) in [5.41, 5.74) is 0.956. The van der Waals surface area contributed by atoms with Crippen LogP contribution in [-0.4, -0.2) is 66.9 Å². The molecule has 2 saturated heterocycles. The lowest BCUT2D eigenvalue weighted by atomic mass is 9.78. The van der Waals surface area contributed by atoms with Gasteiger partial charge in [0.15, 0.2) is 0 Å². The van der Waals surface area contributed by atoms with E-state index < -0.39 is 0 Å². The molecule has 4 rings (SSSR count). The quantitative estimate of drug-likeness (QED) is 0.615. The number of hydrogen-bond acceptors (Lipinski definition) is 5. The van der Waals surface area contributed by atoms with E-state index in [-0.39, 0.29) is 29.7 Å². The van der Waals surface area contributed by atoms with Gasteiger partial charge in [0.25, 0.3) is 5.91 Å². The zero-order valence-corrected chi connectivity index (χ0v) is 20.3. The summed E-state index contributed by atoms with van der Waals surface area (Å²) in [6, 6.07) is 11.3. The first kappa shape index (κ1) is 24.0. The number of carbonyl (C=O) groups is 3. The number of carbonyl (C=O) groups excluding carboxylic acids is 3. The van der Waals surface area contributed by atoms with Crippen LogP contribution < -0.4 is 10.1 Å². The number of rotatable bonds is 7. The summed E-state index contributed by atoms with van der Waals surface area (Å²) < 4.78 is 5.63. The molecular formula is C26H31N3O4S. The summed E-state index contributed by atoms with van der Waals surface area (Å²) in [6.45, 7) is 5.31. The maximum atomic E-state index is 12.8. The molecule has 1 spiro atoms. The van der Waals surface area contributed by atoms with Gasteiger partial charge >= 0.3 is 0 Å². The van der Waals surface area contributed by atoms with Crippen LogP contribution in [0, 0.1) is 5.41 Å². The molecule has 0 radical (unpaired) electrons. The van der Waals surface area contributed by atoms with Gasteiger partial charge in [-0.05, 0) is 55.2 Å². The Morgan fingerprint density at radius 2 is 1.79 bits per heavy atom. The molecule has 0 unspecified atom stereocenters. The van der Waals surface area contributed by atoms with E-state index >= 15 is 0 Å². The van der Waals surface area contributed by atoms with Crippen LogP contribution in [0.5, 0.6) is 5.75 Å². The number of hydrogen-bond donors (Lipinski definition) is 1. The van der Waals surface area contributed by atoms with Crippen molar-refractivity contribution in [3.8, 4) is 5.75 Å². The van der Waals surface area contributed by atoms with Crippen molar-refractivity contribution in [2.45, 2.75) is 26.2 Å². The van der Waals surface area contributed by atoms with Gasteiger partial charge in [-0.1, -0.05) is 24.3 Å². The highest BCUT2D eigenvalue weighted by atomic mass is 32.1. The largest absolute Gasteiger partial charge is 0.493 e. The third-order valence-corrected chi connectivity index (χ3v) is 7.56. The minimum Gasteiger partial charge on any atom is -0.493 e. The lowest BCUT2D eigenvalue weighted by Gasteiger charge is -2.39. The van der Waals surface area contributed by atoms with Crippen molar-refractivity contribution in [1.29, 1.82) is 0 Å². The van der Waals surface area contributed by atoms with Gasteiger partial charge in [-0.25, -0.2) is 0 Å². The minimum absolute atomic E-state index is 0.00312. The highest BCUT2D eigenvalue weighted by molar-refractivity contribution is 7.12. The Morgan fingerprint density at radius 3 is 2.50 bits per heavy atom. The van der Waals surface area contributed by atoms with Crippen LogP contribution in [-0.2, 0) is 9.59 Å². The number of likely N-dealkylation sites (tertiary alicyclic amines) is 2. The summed E-state index contributed by atoms with van der Waals surface area (Å²) in [5, 5.41) is 4.57. The molecule has 2 aliphatic rings. The Balaban J connectivity index is 1.25. The van der Waals surface area contributed by atoms with E-state index in [4.69, 9.17) is 4.74 Å². The van der Waals surface area contributed by atoms with E-state index in [1.807, 2.05) is 58.5 Å². The Morgan fingerprint density at radius 1 is 1.06 bits per heavy atom. The summed E-state index contributed by atoms with van der Waals surface area (Å²) in [4.78, 5) is 41.8. The van der Waals surface area contributed by atoms with Crippen LogP contribution in [0.25, 0.3) is 6.08 Å². The van der Waals surface area contributed by atoms with Crippen LogP contribution in [0.3, 0.4) is 0 Å². The third kappa shape index (κ3) is 5.67. The molecule has 0 saturated carbocycles. The van der Waals surface area contributed by atoms with Crippen molar-refractivity contribution in [3.63, 3.8) is 0 Å². The van der Waals surface area contributed by atoms with Gasteiger partial charge in [0, 0.05) is 37.8 Å². The standard InChI is InChI=1S/C26H31N3O4S/c1-2-33-21-7-4-3-6-20(21)9-10-23(30)28-14-11-26(12-15-28)13-16-29(19-26)24(31)18-27-25(32)22-8-5-17-34-22/h3-10,17H,2,11-16,18-19H2,1H3,(H,27,32)/b10-9+. The molecule has 2 fully saturated rings. The molecule has 0 atom stereocenters. The van der Waals surface area contributed by atoms with Crippen molar-refractivity contribution in [2.24, 2.45) is 5.41 Å². The number of ether oxygens (including phenoxy) is 1. The normalized spacial score (nSPS) is 17.3. The van der Waals surface area contributed by atoms with Crippen molar-refractivity contribution >= 4 is 35.1 Å². The summed E-state index contributed by atoms with van der Waals surface area (Å²) in [6.07, 6.45) is 6.15. The molecular weight excluding hydrogens is 450 g/mol. The fraction of sp³-hybridized carbons (Fsp3) is 0.423. The third-order valence-electron chi connectivity index (χ3n) is 6.70. The van der Waals surface area contributed by atoms with Gasteiger partial charge < -0.3 is 19.9 Å². The van der Waals surface area contributed by atoms with Gasteiger partial charge in [-0.15, -0.1) is 11.3 Å². The highest BCUT2D eigenvalue weighted by Crippen LogP contribution is 2.40. The molecule has 180 valence electrons. The summed E-state index contributed by atoms with van der Waals surface area (Å²) >= 11 is 1.36. The second-order valence-electron chi connectivity index (χ2n) is 8.85. The molecule has 2 aliphatic heterocycles.